The van der Waals surface area contributed by atoms with E-state index in [0.29, 0.717) is 29.8 Å². The maximum atomic E-state index is 11.5. The number of benzene rings is 2. The van der Waals surface area contributed by atoms with Crippen molar-refractivity contribution in [2.75, 3.05) is 38.7 Å². The molecule has 1 aliphatic heterocycles. The molecule has 1 aliphatic rings. The Balaban J connectivity index is 1.45. The first-order valence-electron chi connectivity index (χ1n) is 11.2. The van der Waals surface area contributed by atoms with Gasteiger partial charge in [-0.2, -0.15) is 0 Å². The van der Waals surface area contributed by atoms with Gasteiger partial charge in [0.1, 0.15) is 23.7 Å². The zero-order chi connectivity index (χ0) is 23.8. The number of carbonyl (C=O) groups excluding carboxylic acids is 1. The number of nitrogens with one attached hydrogen (secondary N) is 2. The molecule has 1 fully saturated rings. The minimum absolute atomic E-state index is 0.0785. The lowest BCUT2D eigenvalue weighted by Crippen LogP contribution is -2.49. The number of aliphatic hydroxyl groups is 1. The lowest BCUT2D eigenvalue weighted by atomic mass is 10.0. The number of halogens is 1. The summed E-state index contributed by atoms with van der Waals surface area (Å²) in [6.07, 6.45) is 2.04. The standard InChI is InChI=1S/C25H34ClN3O4/c1-18(30)28-23-9-8-22(32-3)14-24(23)33-17-25(2,31)16-27-21-10-12-29(13-11-21)15-19-4-6-20(26)7-5-19/h4-9,14,21,27,31H,10-13,15-17H2,1-3H3,(H,28,30)/t25-/m0/s1. The van der Waals surface area contributed by atoms with Gasteiger partial charge in [0.15, 0.2) is 0 Å². The molecule has 0 bridgehead atoms. The van der Waals surface area contributed by atoms with Crippen LogP contribution in [-0.2, 0) is 11.3 Å². The summed E-state index contributed by atoms with van der Waals surface area (Å²) in [6.45, 7) is 6.60. The first-order chi connectivity index (χ1) is 15.7. The number of nitrogens with zero attached hydrogens (tertiary/aromatic N) is 1. The van der Waals surface area contributed by atoms with E-state index in [1.54, 1.807) is 32.2 Å². The van der Waals surface area contributed by atoms with E-state index in [-0.39, 0.29) is 12.5 Å². The molecule has 1 atom stereocenters. The first kappa shape index (κ1) is 25.3. The Morgan fingerprint density at radius 3 is 2.55 bits per heavy atom. The Kier molecular flexibility index (Phi) is 8.97. The van der Waals surface area contributed by atoms with Crippen LogP contribution >= 0.6 is 11.6 Å². The number of amides is 1. The maximum Gasteiger partial charge on any atom is 0.221 e. The van der Waals surface area contributed by atoms with E-state index in [0.717, 1.165) is 37.5 Å². The monoisotopic (exact) mass is 475 g/mol. The molecule has 1 heterocycles. The summed E-state index contributed by atoms with van der Waals surface area (Å²) in [7, 11) is 1.57. The van der Waals surface area contributed by atoms with E-state index in [9.17, 15) is 9.90 Å². The van der Waals surface area contributed by atoms with E-state index in [1.165, 1.54) is 12.5 Å². The van der Waals surface area contributed by atoms with Crippen molar-refractivity contribution >= 4 is 23.2 Å². The third-order valence-electron chi connectivity index (χ3n) is 5.72. The van der Waals surface area contributed by atoms with Gasteiger partial charge in [0.2, 0.25) is 5.91 Å². The van der Waals surface area contributed by atoms with Crippen LogP contribution in [0.1, 0.15) is 32.3 Å². The minimum Gasteiger partial charge on any atom is -0.497 e. The van der Waals surface area contributed by atoms with Gasteiger partial charge in [-0.15, -0.1) is 0 Å². The second-order valence-corrected chi connectivity index (χ2v) is 9.32. The van der Waals surface area contributed by atoms with Crippen molar-refractivity contribution in [2.45, 2.75) is 44.9 Å². The highest BCUT2D eigenvalue weighted by atomic mass is 35.5. The van der Waals surface area contributed by atoms with E-state index in [1.807, 2.05) is 12.1 Å². The van der Waals surface area contributed by atoms with Crippen LogP contribution in [-0.4, -0.2) is 60.9 Å². The summed E-state index contributed by atoms with van der Waals surface area (Å²) in [5, 5.41) is 17.8. The molecule has 1 amide bonds. The molecule has 1 saturated heterocycles. The summed E-state index contributed by atoms with van der Waals surface area (Å²) in [5.74, 6) is 0.878. The van der Waals surface area contributed by atoms with Gasteiger partial charge in [-0.1, -0.05) is 23.7 Å². The number of methoxy groups -OCH3 is 1. The molecule has 2 aromatic rings. The van der Waals surface area contributed by atoms with Crippen molar-refractivity contribution < 1.29 is 19.4 Å². The molecule has 33 heavy (non-hydrogen) atoms. The fourth-order valence-electron chi connectivity index (χ4n) is 3.83. The first-order valence-corrected chi connectivity index (χ1v) is 11.6. The van der Waals surface area contributed by atoms with Crippen LogP contribution in [0.15, 0.2) is 42.5 Å². The average Bonchev–Trinajstić information content (AvgIpc) is 2.79. The number of rotatable bonds is 10. The summed E-state index contributed by atoms with van der Waals surface area (Å²) in [6, 6.07) is 13.5. The van der Waals surface area contributed by atoms with Gasteiger partial charge < -0.3 is 25.2 Å². The van der Waals surface area contributed by atoms with Crippen molar-refractivity contribution in [2.24, 2.45) is 0 Å². The molecular weight excluding hydrogens is 442 g/mol. The number of hydrogen-bond acceptors (Lipinski definition) is 6. The lowest BCUT2D eigenvalue weighted by Gasteiger charge is -2.34. The second-order valence-electron chi connectivity index (χ2n) is 8.89. The van der Waals surface area contributed by atoms with Crippen molar-refractivity contribution in [1.29, 1.82) is 0 Å². The number of ether oxygens (including phenoxy) is 2. The molecule has 180 valence electrons. The third-order valence-corrected chi connectivity index (χ3v) is 5.97. The molecule has 0 unspecified atom stereocenters. The molecule has 0 aliphatic carbocycles. The van der Waals surface area contributed by atoms with E-state index >= 15 is 0 Å². The molecule has 0 radical (unpaired) electrons. The lowest BCUT2D eigenvalue weighted by molar-refractivity contribution is -0.114. The molecule has 0 saturated carbocycles. The molecule has 2 aromatic carbocycles. The summed E-state index contributed by atoms with van der Waals surface area (Å²) < 4.78 is 11.1. The number of likely N-dealkylation sites (tertiary alicyclic amines) is 1. The summed E-state index contributed by atoms with van der Waals surface area (Å²) >= 11 is 5.97. The van der Waals surface area contributed by atoms with Crippen molar-refractivity contribution in [3.05, 3.63) is 53.1 Å². The van der Waals surface area contributed by atoms with Crippen molar-refractivity contribution in [3.8, 4) is 11.5 Å². The van der Waals surface area contributed by atoms with Gasteiger partial charge in [0.25, 0.3) is 0 Å². The van der Waals surface area contributed by atoms with Crippen LogP contribution in [0.4, 0.5) is 5.69 Å². The predicted octanol–water partition coefficient (Wildman–Crippen LogP) is 3.69. The van der Waals surface area contributed by atoms with Gasteiger partial charge in [-0.05, 0) is 62.7 Å². The van der Waals surface area contributed by atoms with Crippen LogP contribution in [0.25, 0.3) is 0 Å². The Bertz CT molecular complexity index is 912. The molecule has 3 rings (SSSR count). The number of hydrogen-bond donors (Lipinski definition) is 3. The van der Waals surface area contributed by atoms with Crippen molar-refractivity contribution in [3.63, 3.8) is 0 Å². The topological polar surface area (TPSA) is 83.1 Å². The quantitative estimate of drug-likeness (QED) is 0.486. The van der Waals surface area contributed by atoms with E-state index in [4.69, 9.17) is 21.1 Å². The van der Waals surface area contributed by atoms with Gasteiger partial charge >= 0.3 is 0 Å². The third kappa shape index (κ3) is 8.19. The second kappa shape index (κ2) is 11.7. The fourth-order valence-corrected chi connectivity index (χ4v) is 3.96. The normalized spacial score (nSPS) is 16.8. The van der Waals surface area contributed by atoms with E-state index in [2.05, 4.69) is 27.7 Å². The zero-order valence-electron chi connectivity index (χ0n) is 19.6. The number of carbonyl (C=O) groups is 1. The maximum absolute atomic E-state index is 11.5. The number of piperidine rings is 1. The molecule has 0 aromatic heterocycles. The zero-order valence-corrected chi connectivity index (χ0v) is 20.3. The average molecular weight is 476 g/mol. The van der Waals surface area contributed by atoms with Gasteiger partial charge in [0.05, 0.1) is 12.8 Å². The molecule has 3 N–H and O–H groups in total. The smallest absolute Gasteiger partial charge is 0.221 e. The summed E-state index contributed by atoms with van der Waals surface area (Å²) in [5.41, 5.74) is 0.735. The largest absolute Gasteiger partial charge is 0.497 e. The molecular formula is C25H34ClN3O4. The minimum atomic E-state index is -1.07. The molecule has 0 spiro atoms. The van der Waals surface area contributed by atoms with E-state index < -0.39 is 5.60 Å². The van der Waals surface area contributed by atoms with Gasteiger partial charge in [0, 0.05) is 37.1 Å². The van der Waals surface area contributed by atoms with Crippen LogP contribution in [0.5, 0.6) is 11.5 Å². The highest BCUT2D eigenvalue weighted by molar-refractivity contribution is 6.30. The Morgan fingerprint density at radius 1 is 1.21 bits per heavy atom. The van der Waals surface area contributed by atoms with Gasteiger partial charge in [-0.3, -0.25) is 9.69 Å². The highest BCUT2D eigenvalue weighted by Gasteiger charge is 2.26. The fraction of sp³-hybridized carbons (Fsp3) is 0.480. The Morgan fingerprint density at radius 2 is 1.91 bits per heavy atom. The molecule has 8 heteroatoms. The van der Waals surface area contributed by atoms with Crippen LogP contribution in [0, 0.1) is 0 Å². The Labute approximate surface area is 201 Å². The van der Waals surface area contributed by atoms with Gasteiger partial charge in [-0.25, -0.2) is 0 Å². The molecule has 7 nitrogen and oxygen atoms in total. The number of anilines is 1. The SMILES string of the molecule is COc1ccc(NC(C)=O)c(OC[C@@](C)(O)CNC2CCN(Cc3ccc(Cl)cc3)CC2)c1. The van der Waals surface area contributed by atoms with Crippen molar-refractivity contribution in [1.82, 2.24) is 10.2 Å². The van der Waals surface area contributed by atoms with Crippen LogP contribution in [0.3, 0.4) is 0 Å². The highest BCUT2D eigenvalue weighted by Crippen LogP contribution is 2.30. The predicted molar refractivity (Wildman–Crippen MR) is 131 cm³/mol. The summed E-state index contributed by atoms with van der Waals surface area (Å²) in [4.78, 5) is 13.9. The van der Waals surface area contributed by atoms with Crippen LogP contribution < -0.4 is 20.1 Å². The Hall–Kier alpha value is -2.32. The van der Waals surface area contributed by atoms with Crippen LogP contribution in [0.2, 0.25) is 5.02 Å².